The first kappa shape index (κ1) is 15.6. The van der Waals surface area contributed by atoms with E-state index in [1.165, 1.54) is 22.3 Å². The van der Waals surface area contributed by atoms with Gasteiger partial charge in [-0.1, -0.05) is 54.1 Å². The summed E-state index contributed by atoms with van der Waals surface area (Å²) in [5.74, 6) is 1.47. The summed E-state index contributed by atoms with van der Waals surface area (Å²) in [6.07, 6.45) is 0. The maximum atomic E-state index is 11.9. The van der Waals surface area contributed by atoms with E-state index < -0.39 is 0 Å². The van der Waals surface area contributed by atoms with Crippen molar-refractivity contribution in [2.75, 3.05) is 5.75 Å². The Labute approximate surface area is 131 Å². The Kier molecular flexibility index (Phi) is 5.88. The molecule has 0 unspecified atom stereocenters. The molecule has 0 spiro atoms. The minimum absolute atomic E-state index is 0.0934. The van der Waals surface area contributed by atoms with Crippen LogP contribution in [-0.2, 0) is 17.1 Å². The maximum absolute atomic E-state index is 11.9. The van der Waals surface area contributed by atoms with Gasteiger partial charge in [0.1, 0.15) is 0 Å². The van der Waals surface area contributed by atoms with Crippen molar-refractivity contribution in [2.24, 2.45) is 0 Å². The van der Waals surface area contributed by atoms with E-state index in [0.29, 0.717) is 12.3 Å². The number of rotatable bonds is 6. The summed E-state index contributed by atoms with van der Waals surface area (Å²) in [5.41, 5.74) is 4.92. The van der Waals surface area contributed by atoms with Gasteiger partial charge < -0.3 is 5.32 Å². The molecular weight excluding hydrogens is 278 g/mol. The van der Waals surface area contributed by atoms with Crippen molar-refractivity contribution in [2.45, 2.75) is 26.1 Å². The van der Waals surface area contributed by atoms with Gasteiger partial charge in [-0.2, -0.15) is 0 Å². The molecule has 0 radical (unpaired) electrons. The minimum atomic E-state index is 0.0934. The fraction of sp³-hybridized carbons (Fsp3) is 0.278. The molecule has 0 saturated carbocycles. The van der Waals surface area contributed by atoms with Crippen molar-refractivity contribution in [3.8, 4) is 0 Å². The van der Waals surface area contributed by atoms with Crippen LogP contribution in [0.3, 0.4) is 0 Å². The van der Waals surface area contributed by atoms with E-state index in [2.05, 4.69) is 55.6 Å². The molecule has 0 aliphatic rings. The molecule has 0 atom stereocenters. The van der Waals surface area contributed by atoms with Gasteiger partial charge in [-0.3, -0.25) is 4.79 Å². The molecule has 0 aliphatic heterocycles. The van der Waals surface area contributed by atoms with E-state index in [9.17, 15) is 4.79 Å². The number of nitrogens with one attached hydrogen (secondary N) is 1. The summed E-state index contributed by atoms with van der Waals surface area (Å²) >= 11 is 1.65. The zero-order chi connectivity index (χ0) is 15.1. The molecule has 1 N–H and O–H groups in total. The third kappa shape index (κ3) is 5.27. The number of aryl methyl sites for hydroxylation is 2. The second kappa shape index (κ2) is 7.89. The molecule has 0 saturated heterocycles. The normalized spacial score (nSPS) is 10.4. The molecular formula is C18H21NOS. The number of carbonyl (C=O) groups is 1. The monoisotopic (exact) mass is 299 g/mol. The van der Waals surface area contributed by atoms with Crippen LogP contribution in [0.25, 0.3) is 0 Å². The van der Waals surface area contributed by atoms with E-state index in [4.69, 9.17) is 0 Å². The van der Waals surface area contributed by atoms with Gasteiger partial charge in [0.25, 0.3) is 0 Å². The molecule has 2 aromatic rings. The zero-order valence-electron chi connectivity index (χ0n) is 12.6. The predicted octanol–water partition coefficient (Wildman–Crippen LogP) is 3.85. The second-order valence-corrected chi connectivity index (χ2v) is 6.17. The van der Waals surface area contributed by atoms with Crippen LogP contribution in [-0.4, -0.2) is 11.7 Å². The molecule has 0 aromatic heterocycles. The smallest absolute Gasteiger partial charge is 0.230 e. The summed E-state index contributed by atoms with van der Waals surface area (Å²) in [4.78, 5) is 11.9. The lowest BCUT2D eigenvalue weighted by atomic mass is 10.1. The van der Waals surface area contributed by atoms with Gasteiger partial charge in [0.2, 0.25) is 5.91 Å². The van der Waals surface area contributed by atoms with E-state index in [1.54, 1.807) is 11.8 Å². The highest BCUT2D eigenvalue weighted by Crippen LogP contribution is 2.13. The number of hydrogen-bond acceptors (Lipinski definition) is 2. The molecule has 21 heavy (non-hydrogen) atoms. The molecule has 0 heterocycles. The molecule has 0 bridgehead atoms. The van der Waals surface area contributed by atoms with Gasteiger partial charge in [-0.25, -0.2) is 0 Å². The molecule has 2 rings (SSSR count). The summed E-state index contributed by atoms with van der Waals surface area (Å²) in [6, 6.07) is 16.5. The van der Waals surface area contributed by atoms with E-state index in [-0.39, 0.29) is 5.91 Å². The number of benzene rings is 2. The van der Waals surface area contributed by atoms with Gasteiger partial charge in [-0.15, -0.1) is 11.8 Å². The summed E-state index contributed by atoms with van der Waals surface area (Å²) in [5, 5.41) is 2.98. The summed E-state index contributed by atoms with van der Waals surface area (Å²) in [7, 11) is 0. The number of thioether (sulfide) groups is 1. The standard InChI is InChI=1S/C18H21NOS/c1-14-6-5-8-16(10-14)12-21-13-18(20)19-11-17-9-4-3-7-15(17)2/h3-10H,11-13H2,1-2H3,(H,19,20). The lowest BCUT2D eigenvalue weighted by Crippen LogP contribution is -2.24. The average molecular weight is 299 g/mol. The van der Waals surface area contributed by atoms with Gasteiger partial charge in [0, 0.05) is 12.3 Å². The van der Waals surface area contributed by atoms with Crippen molar-refractivity contribution in [3.05, 3.63) is 70.8 Å². The average Bonchev–Trinajstić information content (AvgIpc) is 2.46. The number of hydrogen-bond donors (Lipinski definition) is 1. The SMILES string of the molecule is Cc1cccc(CSCC(=O)NCc2ccccc2C)c1. The van der Waals surface area contributed by atoms with Gasteiger partial charge in [0.15, 0.2) is 0 Å². The molecule has 1 amide bonds. The highest BCUT2D eigenvalue weighted by Gasteiger charge is 2.03. The highest BCUT2D eigenvalue weighted by molar-refractivity contribution is 7.99. The Morgan fingerprint density at radius 3 is 2.67 bits per heavy atom. The molecule has 110 valence electrons. The Balaban J connectivity index is 1.72. The Morgan fingerprint density at radius 2 is 1.90 bits per heavy atom. The van der Waals surface area contributed by atoms with Crippen molar-refractivity contribution >= 4 is 17.7 Å². The van der Waals surface area contributed by atoms with E-state index in [0.717, 1.165) is 5.75 Å². The molecule has 2 nitrogen and oxygen atoms in total. The quantitative estimate of drug-likeness (QED) is 0.877. The Morgan fingerprint density at radius 1 is 1.10 bits per heavy atom. The number of amides is 1. The highest BCUT2D eigenvalue weighted by atomic mass is 32.2. The Bertz CT molecular complexity index is 610. The largest absolute Gasteiger partial charge is 0.351 e. The van der Waals surface area contributed by atoms with Crippen molar-refractivity contribution in [1.82, 2.24) is 5.32 Å². The van der Waals surface area contributed by atoms with E-state index in [1.807, 2.05) is 12.1 Å². The summed E-state index contributed by atoms with van der Waals surface area (Å²) in [6.45, 7) is 4.76. The van der Waals surface area contributed by atoms with Crippen LogP contribution in [0.1, 0.15) is 22.3 Å². The van der Waals surface area contributed by atoms with Crippen LogP contribution in [0.15, 0.2) is 48.5 Å². The van der Waals surface area contributed by atoms with Crippen molar-refractivity contribution < 1.29 is 4.79 Å². The van der Waals surface area contributed by atoms with Crippen molar-refractivity contribution in [1.29, 1.82) is 0 Å². The second-order valence-electron chi connectivity index (χ2n) is 5.19. The Hall–Kier alpha value is -1.74. The predicted molar refractivity (Wildman–Crippen MR) is 90.4 cm³/mol. The number of carbonyl (C=O) groups excluding carboxylic acids is 1. The van der Waals surface area contributed by atoms with Crippen molar-refractivity contribution in [3.63, 3.8) is 0 Å². The van der Waals surface area contributed by atoms with Gasteiger partial charge in [-0.05, 0) is 30.5 Å². The lowest BCUT2D eigenvalue weighted by molar-refractivity contribution is -0.118. The topological polar surface area (TPSA) is 29.1 Å². The van der Waals surface area contributed by atoms with Crippen LogP contribution in [0.2, 0.25) is 0 Å². The van der Waals surface area contributed by atoms with Crippen LogP contribution >= 0.6 is 11.8 Å². The van der Waals surface area contributed by atoms with Crippen LogP contribution in [0.4, 0.5) is 0 Å². The molecule has 0 aliphatic carbocycles. The third-order valence-electron chi connectivity index (χ3n) is 3.32. The fourth-order valence-electron chi connectivity index (χ4n) is 2.12. The molecule has 2 aromatic carbocycles. The van der Waals surface area contributed by atoms with E-state index >= 15 is 0 Å². The molecule has 3 heteroatoms. The van der Waals surface area contributed by atoms with Gasteiger partial charge in [0.05, 0.1) is 5.75 Å². The van der Waals surface area contributed by atoms with Crippen LogP contribution < -0.4 is 5.32 Å². The molecule has 0 fully saturated rings. The summed E-state index contributed by atoms with van der Waals surface area (Å²) < 4.78 is 0. The first-order valence-corrected chi connectivity index (χ1v) is 8.25. The third-order valence-corrected chi connectivity index (χ3v) is 4.33. The van der Waals surface area contributed by atoms with Gasteiger partial charge >= 0.3 is 0 Å². The van der Waals surface area contributed by atoms with Crippen LogP contribution in [0, 0.1) is 13.8 Å². The lowest BCUT2D eigenvalue weighted by Gasteiger charge is -2.08. The minimum Gasteiger partial charge on any atom is -0.351 e. The maximum Gasteiger partial charge on any atom is 0.230 e. The fourth-order valence-corrected chi connectivity index (χ4v) is 2.92. The zero-order valence-corrected chi connectivity index (χ0v) is 13.4. The first-order chi connectivity index (χ1) is 10.1. The first-order valence-electron chi connectivity index (χ1n) is 7.09. The van der Waals surface area contributed by atoms with Crippen LogP contribution in [0.5, 0.6) is 0 Å².